The summed E-state index contributed by atoms with van der Waals surface area (Å²) in [6.45, 7) is 7.30. The van der Waals surface area contributed by atoms with Crippen molar-refractivity contribution in [2.75, 3.05) is 4.72 Å². The predicted molar refractivity (Wildman–Crippen MR) is 77.3 cm³/mol. The molecule has 0 aliphatic heterocycles. The quantitative estimate of drug-likeness (QED) is 0.939. The summed E-state index contributed by atoms with van der Waals surface area (Å²) in [5, 5.41) is 3.68. The van der Waals surface area contributed by atoms with Crippen LogP contribution < -0.4 is 4.72 Å². The molecule has 0 saturated heterocycles. The number of nitrogens with zero attached hydrogens (tertiary/aromatic N) is 1. The molecule has 2 rings (SSSR count). The Balaban J connectivity index is 2.36. The average molecular weight is 294 g/mol. The molecule has 0 spiro atoms. The van der Waals surface area contributed by atoms with E-state index >= 15 is 0 Å². The molecule has 6 heteroatoms. The van der Waals surface area contributed by atoms with Crippen molar-refractivity contribution in [3.63, 3.8) is 0 Å². The lowest BCUT2D eigenvalue weighted by Gasteiger charge is -2.10. The smallest absolute Gasteiger partial charge is 0.267 e. The minimum absolute atomic E-state index is 0.104. The maximum absolute atomic E-state index is 12.4. The summed E-state index contributed by atoms with van der Waals surface area (Å²) in [7, 11) is -3.68. The maximum atomic E-state index is 12.4. The highest BCUT2D eigenvalue weighted by Crippen LogP contribution is 2.24. The van der Waals surface area contributed by atoms with E-state index in [0.717, 1.165) is 5.56 Å². The first-order chi connectivity index (χ1) is 9.31. The molecular weight excluding hydrogens is 276 g/mol. The van der Waals surface area contributed by atoms with Gasteiger partial charge >= 0.3 is 0 Å². The van der Waals surface area contributed by atoms with Crippen LogP contribution in [0.15, 0.2) is 33.7 Å². The van der Waals surface area contributed by atoms with Gasteiger partial charge in [0.25, 0.3) is 10.0 Å². The minimum Gasteiger partial charge on any atom is -0.360 e. The van der Waals surface area contributed by atoms with Gasteiger partial charge in [-0.1, -0.05) is 31.1 Å². The molecule has 5 nitrogen and oxygen atoms in total. The van der Waals surface area contributed by atoms with E-state index in [9.17, 15) is 8.42 Å². The zero-order valence-corrected chi connectivity index (χ0v) is 12.8. The summed E-state index contributed by atoms with van der Waals surface area (Å²) in [5.41, 5.74) is 1.97. The van der Waals surface area contributed by atoms with Crippen LogP contribution in [0.25, 0.3) is 0 Å². The minimum atomic E-state index is -3.68. The second-order valence-electron chi connectivity index (χ2n) is 5.04. The fourth-order valence-corrected chi connectivity index (χ4v) is 3.41. The number of hydrogen-bond acceptors (Lipinski definition) is 4. The van der Waals surface area contributed by atoms with Gasteiger partial charge in [-0.15, -0.1) is 0 Å². The standard InChI is InChI=1S/C14H18N2O3S/c1-9(2)12-6-5-7-13(8-12)16-20(17,18)14-10(3)15-19-11(14)4/h5-9,16H,1-4H3. The third-order valence-electron chi connectivity index (χ3n) is 3.04. The van der Waals surface area contributed by atoms with E-state index in [1.807, 2.05) is 18.2 Å². The van der Waals surface area contributed by atoms with E-state index in [1.54, 1.807) is 19.9 Å². The van der Waals surface area contributed by atoms with Crippen LogP contribution in [-0.4, -0.2) is 13.6 Å². The van der Waals surface area contributed by atoms with E-state index in [1.165, 1.54) is 0 Å². The van der Waals surface area contributed by atoms with Gasteiger partial charge < -0.3 is 4.52 Å². The van der Waals surface area contributed by atoms with Crippen LogP contribution in [-0.2, 0) is 10.0 Å². The molecule has 20 heavy (non-hydrogen) atoms. The van der Waals surface area contributed by atoms with E-state index < -0.39 is 10.0 Å². The zero-order chi connectivity index (χ0) is 14.9. The van der Waals surface area contributed by atoms with E-state index in [-0.39, 0.29) is 10.7 Å². The van der Waals surface area contributed by atoms with Crippen molar-refractivity contribution in [2.45, 2.75) is 38.5 Å². The SMILES string of the molecule is Cc1noc(C)c1S(=O)(=O)Nc1cccc(C(C)C)c1. The first kappa shape index (κ1) is 14.6. The van der Waals surface area contributed by atoms with Crippen LogP contribution >= 0.6 is 0 Å². The number of benzene rings is 1. The molecule has 0 aliphatic rings. The Morgan fingerprint density at radius 1 is 1.25 bits per heavy atom. The van der Waals surface area contributed by atoms with Gasteiger partial charge in [0, 0.05) is 5.69 Å². The fraction of sp³-hybridized carbons (Fsp3) is 0.357. The van der Waals surface area contributed by atoms with Crippen molar-refractivity contribution in [3.05, 3.63) is 41.3 Å². The summed E-state index contributed by atoms with van der Waals surface area (Å²) in [6, 6.07) is 7.36. The van der Waals surface area contributed by atoms with Gasteiger partial charge in [0.1, 0.15) is 5.69 Å². The number of hydrogen-bond donors (Lipinski definition) is 1. The van der Waals surface area contributed by atoms with Crippen molar-refractivity contribution >= 4 is 15.7 Å². The monoisotopic (exact) mass is 294 g/mol. The molecule has 0 amide bonds. The van der Waals surface area contributed by atoms with Crippen LogP contribution in [0.2, 0.25) is 0 Å². The summed E-state index contributed by atoms with van der Waals surface area (Å²) in [5.74, 6) is 0.619. The Morgan fingerprint density at radius 3 is 2.50 bits per heavy atom. The molecular formula is C14H18N2O3S. The van der Waals surface area contributed by atoms with Gasteiger partial charge in [-0.3, -0.25) is 4.72 Å². The highest BCUT2D eigenvalue weighted by molar-refractivity contribution is 7.92. The van der Waals surface area contributed by atoms with E-state index in [0.29, 0.717) is 17.3 Å². The number of rotatable bonds is 4. The van der Waals surface area contributed by atoms with Crippen molar-refractivity contribution < 1.29 is 12.9 Å². The van der Waals surface area contributed by atoms with Gasteiger partial charge in [0.15, 0.2) is 10.7 Å². The predicted octanol–water partition coefficient (Wildman–Crippen LogP) is 3.22. The molecule has 0 radical (unpaired) electrons. The van der Waals surface area contributed by atoms with Crippen molar-refractivity contribution in [1.29, 1.82) is 0 Å². The fourth-order valence-electron chi connectivity index (χ4n) is 2.03. The van der Waals surface area contributed by atoms with Gasteiger partial charge in [0.2, 0.25) is 0 Å². The number of sulfonamides is 1. The Hall–Kier alpha value is -1.82. The summed E-state index contributed by atoms with van der Waals surface area (Å²) < 4.78 is 32.2. The third kappa shape index (κ3) is 2.85. The Morgan fingerprint density at radius 2 is 1.95 bits per heavy atom. The molecule has 0 fully saturated rings. The highest BCUT2D eigenvalue weighted by Gasteiger charge is 2.24. The van der Waals surface area contributed by atoms with Gasteiger partial charge in [-0.2, -0.15) is 0 Å². The molecule has 1 aromatic carbocycles. The third-order valence-corrected chi connectivity index (χ3v) is 4.67. The number of aromatic nitrogens is 1. The Labute approximate surface area is 119 Å². The highest BCUT2D eigenvalue weighted by atomic mass is 32.2. The van der Waals surface area contributed by atoms with Crippen molar-refractivity contribution in [3.8, 4) is 0 Å². The van der Waals surface area contributed by atoms with Gasteiger partial charge in [-0.25, -0.2) is 8.42 Å². The number of aryl methyl sites for hydroxylation is 2. The van der Waals surface area contributed by atoms with Gasteiger partial charge in [0.05, 0.1) is 0 Å². The molecule has 1 N–H and O–H groups in total. The van der Waals surface area contributed by atoms with Gasteiger partial charge in [-0.05, 0) is 37.5 Å². The van der Waals surface area contributed by atoms with Crippen LogP contribution in [0, 0.1) is 13.8 Å². The molecule has 1 aromatic heterocycles. The molecule has 1 heterocycles. The molecule has 0 bridgehead atoms. The van der Waals surface area contributed by atoms with Crippen molar-refractivity contribution in [1.82, 2.24) is 5.16 Å². The summed E-state index contributed by atoms with van der Waals surface area (Å²) in [4.78, 5) is 0.104. The maximum Gasteiger partial charge on any atom is 0.267 e. The van der Waals surface area contributed by atoms with Crippen LogP contribution in [0.1, 0.15) is 36.8 Å². The first-order valence-corrected chi connectivity index (χ1v) is 7.85. The number of nitrogens with one attached hydrogen (secondary N) is 1. The van der Waals surface area contributed by atoms with Crippen LogP contribution in [0.4, 0.5) is 5.69 Å². The molecule has 0 atom stereocenters. The van der Waals surface area contributed by atoms with Crippen molar-refractivity contribution in [2.24, 2.45) is 0 Å². The molecule has 0 saturated carbocycles. The Kier molecular flexibility index (Phi) is 3.85. The molecule has 0 aliphatic carbocycles. The summed E-state index contributed by atoms with van der Waals surface area (Å²) in [6.07, 6.45) is 0. The number of anilines is 1. The van der Waals surface area contributed by atoms with Crippen LogP contribution in [0.3, 0.4) is 0 Å². The lowest BCUT2D eigenvalue weighted by Crippen LogP contribution is -2.14. The second kappa shape index (κ2) is 5.28. The molecule has 108 valence electrons. The second-order valence-corrected chi connectivity index (χ2v) is 6.66. The molecule has 2 aromatic rings. The average Bonchev–Trinajstić information content (AvgIpc) is 2.69. The largest absolute Gasteiger partial charge is 0.360 e. The lowest BCUT2D eigenvalue weighted by atomic mass is 10.0. The van der Waals surface area contributed by atoms with E-state index in [2.05, 4.69) is 23.7 Å². The normalized spacial score (nSPS) is 11.8. The Bertz CT molecular complexity index is 698. The summed E-state index contributed by atoms with van der Waals surface area (Å²) >= 11 is 0. The topological polar surface area (TPSA) is 72.2 Å². The molecule has 0 unspecified atom stereocenters. The van der Waals surface area contributed by atoms with Crippen LogP contribution in [0.5, 0.6) is 0 Å². The van der Waals surface area contributed by atoms with E-state index in [4.69, 9.17) is 4.52 Å². The first-order valence-electron chi connectivity index (χ1n) is 6.37. The zero-order valence-electron chi connectivity index (χ0n) is 12.0. The lowest BCUT2D eigenvalue weighted by molar-refractivity contribution is 0.390.